The van der Waals surface area contributed by atoms with Gasteiger partial charge in [-0.25, -0.2) is 0 Å². The molecule has 0 fully saturated rings. The molecular formula is C17H20N2O2. The van der Waals surface area contributed by atoms with E-state index in [-0.39, 0.29) is 12.5 Å². The van der Waals surface area contributed by atoms with E-state index in [0.29, 0.717) is 18.8 Å². The summed E-state index contributed by atoms with van der Waals surface area (Å²) in [5.74, 6) is 0.527. The molecule has 0 spiro atoms. The van der Waals surface area contributed by atoms with Crippen molar-refractivity contribution in [3.63, 3.8) is 0 Å². The minimum Gasteiger partial charge on any atom is -0.484 e. The Kier molecular flexibility index (Phi) is 5.35. The van der Waals surface area contributed by atoms with Gasteiger partial charge in [-0.05, 0) is 35.7 Å². The Morgan fingerprint density at radius 2 is 1.86 bits per heavy atom. The number of benzene rings is 2. The Balaban J connectivity index is 1.78. The van der Waals surface area contributed by atoms with Crippen molar-refractivity contribution in [1.82, 2.24) is 5.32 Å². The summed E-state index contributed by atoms with van der Waals surface area (Å²) in [4.78, 5) is 11.8. The lowest BCUT2D eigenvalue weighted by Crippen LogP contribution is -2.28. The second-order valence-corrected chi connectivity index (χ2v) is 4.84. The van der Waals surface area contributed by atoms with E-state index in [1.54, 1.807) is 0 Å². The van der Waals surface area contributed by atoms with Gasteiger partial charge in [-0.1, -0.05) is 36.4 Å². The van der Waals surface area contributed by atoms with Gasteiger partial charge >= 0.3 is 0 Å². The first kappa shape index (κ1) is 15.1. The Labute approximate surface area is 124 Å². The maximum Gasteiger partial charge on any atom is 0.258 e. The minimum atomic E-state index is -0.138. The molecule has 2 aromatic carbocycles. The van der Waals surface area contributed by atoms with Crippen molar-refractivity contribution in [2.24, 2.45) is 5.73 Å². The molecule has 0 unspecified atom stereocenters. The van der Waals surface area contributed by atoms with E-state index in [9.17, 15) is 4.79 Å². The first-order valence-corrected chi connectivity index (χ1v) is 6.92. The number of amides is 1. The molecule has 110 valence electrons. The summed E-state index contributed by atoms with van der Waals surface area (Å²) in [7, 11) is 0. The molecule has 3 N–H and O–H groups in total. The van der Waals surface area contributed by atoms with Crippen molar-refractivity contribution in [3.05, 3.63) is 65.2 Å². The predicted octanol–water partition coefficient (Wildman–Crippen LogP) is 2.15. The van der Waals surface area contributed by atoms with Crippen molar-refractivity contribution in [3.8, 4) is 5.75 Å². The fourth-order valence-electron chi connectivity index (χ4n) is 1.92. The van der Waals surface area contributed by atoms with E-state index in [1.807, 2.05) is 55.5 Å². The average molecular weight is 284 g/mol. The maximum absolute atomic E-state index is 11.8. The first-order chi connectivity index (χ1) is 10.2. The molecule has 0 radical (unpaired) electrons. The van der Waals surface area contributed by atoms with Crippen LogP contribution < -0.4 is 15.8 Å². The zero-order valence-electron chi connectivity index (χ0n) is 12.1. The molecule has 0 aliphatic rings. The molecule has 2 aromatic rings. The summed E-state index contributed by atoms with van der Waals surface area (Å²) in [6, 6.07) is 15.4. The van der Waals surface area contributed by atoms with Crippen LogP contribution in [-0.2, 0) is 17.9 Å². The van der Waals surface area contributed by atoms with Crippen LogP contribution in [0.4, 0.5) is 0 Å². The summed E-state index contributed by atoms with van der Waals surface area (Å²) in [5.41, 5.74) is 8.83. The van der Waals surface area contributed by atoms with Gasteiger partial charge in [-0.3, -0.25) is 4.79 Å². The molecule has 4 heteroatoms. The number of aryl methyl sites for hydroxylation is 1. The summed E-state index contributed by atoms with van der Waals surface area (Å²) in [5, 5.41) is 2.85. The fraction of sp³-hybridized carbons (Fsp3) is 0.235. The molecule has 0 bridgehead atoms. The number of nitrogens with two attached hydrogens (primary N) is 1. The topological polar surface area (TPSA) is 64.3 Å². The van der Waals surface area contributed by atoms with Crippen molar-refractivity contribution in [1.29, 1.82) is 0 Å². The second kappa shape index (κ2) is 7.45. The number of carbonyl (C=O) groups excluding carboxylic acids is 1. The summed E-state index contributed by atoms with van der Waals surface area (Å²) in [6.07, 6.45) is 0. The quantitative estimate of drug-likeness (QED) is 0.854. The van der Waals surface area contributed by atoms with Crippen molar-refractivity contribution in [2.45, 2.75) is 20.0 Å². The van der Waals surface area contributed by atoms with Crippen LogP contribution in [0.5, 0.6) is 5.75 Å². The lowest BCUT2D eigenvalue weighted by Gasteiger charge is -2.09. The Morgan fingerprint density at radius 3 is 2.52 bits per heavy atom. The third kappa shape index (κ3) is 4.61. The third-order valence-electron chi connectivity index (χ3n) is 3.27. The van der Waals surface area contributed by atoms with Gasteiger partial charge in [0.2, 0.25) is 0 Å². The van der Waals surface area contributed by atoms with Gasteiger partial charge in [0, 0.05) is 13.1 Å². The standard InChI is InChI=1S/C17H20N2O2/c1-13-4-2-3-5-15(13)11-19-17(20)12-21-16-8-6-14(10-18)7-9-16/h2-9H,10-12,18H2,1H3,(H,19,20). The zero-order chi connectivity index (χ0) is 15.1. The molecule has 2 rings (SSSR count). The van der Waals surface area contributed by atoms with E-state index in [1.165, 1.54) is 0 Å². The second-order valence-electron chi connectivity index (χ2n) is 4.84. The highest BCUT2D eigenvalue weighted by molar-refractivity contribution is 5.77. The van der Waals surface area contributed by atoms with E-state index in [4.69, 9.17) is 10.5 Å². The number of ether oxygens (including phenoxy) is 1. The smallest absolute Gasteiger partial charge is 0.258 e. The van der Waals surface area contributed by atoms with Crippen LogP contribution in [0, 0.1) is 6.92 Å². The first-order valence-electron chi connectivity index (χ1n) is 6.92. The lowest BCUT2D eigenvalue weighted by molar-refractivity contribution is -0.123. The Morgan fingerprint density at radius 1 is 1.14 bits per heavy atom. The molecule has 0 aromatic heterocycles. The van der Waals surface area contributed by atoms with Gasteiger partial charge < -0.3 is 15.8 Å². The van der Waals surface area contributed by atoms with Crippen LogP contribution in [0.3, 0.4) is 0 Å². The molecule has 0 heterocycles. The highest BCUT2D eigenvalue weighted by Crippen LogP contribution is 2.11. The highest BCUT2D eigenvalue weighted by atomic mass is 16.5. The lowest BCUT2D eigenvalue weighted by atomic mass is 10.1. The van der Waals surface area contributed by atoms with E-state index in [0.717, 1.165) is 16.7 Å². The molecule has 0 atom stereocenters. The Hall–Kier alpha value is -2.33. The van der Waals surface area contributed by atoms with Gasteiger partial charge in [0.25, 0.3) is 5.91 Å². The van der Waals surface area contributed by atoms with E-state index >= 15 is 0 Å². The monoisotopic (exact) mass is 284 g/mol. The van der Waals surface area contributed by atoms with Gasteiger partial charge in [0.15, 0.2) is 6.61 Å². The van der Waals surface area contributed by atoms with Crippen molar-refractivity contribution < 1.29 is 9.53 Å². The number of nitrogens with one attached hydrogen (secondary N) is 1. The normalized spacial score (nSPS) is 10.2. The summed E-state index contributed by atoms with van der Waals surface area (Å²) < 4.78 is 5.43. The zero-order valence-corrected chi connectivity index (χ0v) is 12.1. The molecule has 0 aliphatic heterocycles. The van der Waals surface area contributed by atoms with Gasteiger partial charge in [-0.15, -0.1) is 0 Å². The number of carbonyl (C=O) groups is 1. The highest BCUT2D eigenvalue weighted by Gasteiger charge is 2.04. The molecule has 21 heavy (non-hydrogen) atoms. The Bertz CT molecular complexity index is 594. The van der Waals surface area contributed by atoms with Gasteiger partial charge in [0.1, 0.15) is 5.75 Å². The molecule has 0 aliphatic carbocycles. The fourth-order valence-corrected chi connectivity index (χ4v) is 1.92. The van der Waals surface area contributed by atoms with Crippen LogP contribution in [-0.4, -0.2) is 12.5 Å². The maximum atomic E-state index is 11.8. The number of hydrogen-bond donors (Lipinski definition) is 2. The van der Waals surface area contributed by atoms with Gasteiger partial charge in [-0.2, -0.15) is 0 Å². The number of rotatable bonds is 6. The van der Waals surface area contributed by atoms with Crippen LogP contribution in [0.2, 0.25) is 0 Å². The molecule has 0 saturated carbocycles. The van der Waals surface area contributed by atoms with Crippen molar-refractivity contribution >= 4 is 5.91 Å². The van der Waals surface area contributed by atoms with E-state index in [2.05, 4.69) is 5.32 Å². The van der Waals surface area contributed by atoms with E-state index < -0.39 is 0 Å². The predicted molar refractivity (Wildman–Crippen MR) is 82.9 cm³/mol. The molecular weight excluding hydrogens is 264 g/mol. The van der Waals surface area contributed by atoms with Gasteiger partial charge in [0.05, 0.1) is 0 Å². The summed E-state index contributed by atoms with van der Waals surface area (Å²) in [6.45, 7) is 3.04. The van der Waals surface area contributed by atoms with Crippen LogP contribution in [0.25, 0.3) is 0 Å². The minimum absolute atomic E-state index is 0.00779. The van der Waals surface area contributed by atoms with Crippen LogP contribution >= 0.6 is 0 Å². The molecule has 0 saturated heterocycles. The molecule has 1 amide bonds. The SMILES string of the molecule is Cc1ccccc1CNC(=O)COc1ccc(CN)cc1. The average Bonchev–Trinajstić information content (AvgIpc) is 2.52. The summed E-state index contributed by atoms with van der Waals surface area (Å²) >= 11 is 0. The third-order valence-corrected chi connectivity index (χ3v) is 3.27. The van der Waals surface area contributed by atoms with Crippen molar-refractivity contribution in [2.75, 3.05) is 6.61 Å². The van der Waals surface area contributed by atoms with Crippen LogP contribution in [0.1, 0.15) is 16.7 Å². The largest absolute Gasteiger partial charge is 0.484 e. The van der Waals surface area contributed by atoms with Crippen LogP contribution in [0.15, 0.2) is 48.5 Å². The number of hydrogen-bond acceptors (Lipinski definition) is 3. The molecule has 4 nitrogen and oxygen atoms in total.